The highest BCUT2D eigenvalue weighted by molar-refractivity contribution is 6.23. The van der Waals surface area contributed by atoms with Gasteiger partial charge in [0.2, 0.25) is 0 Å². The third-order valence-electron chi connectivity index (χ3n) is 1.51. The van der Waals surface area contributed by atoms with Crippen molar-refractivity contribution in [2.75, 3.05) is 0 Å². The Morgan fingerprint density at radius 2 is 2.08 bits per heavy atom. The first-order valence-electron chi connectivity index (χ1n) is 3.19. The maximum atomic E-state index is 10.6. The van der Waals surface area contributed by atoms with Crippen molar-refractivity contribution in [3.05, 3.63) is 0 Å². The van der Waals surface area contributed by atoms with Gasteiger partial charge in [-0.25, -0.2) is 0 Å². The molecule has 0 aliphatic carbocycles. The average Bonchev–Trinajstić information content (AvgIpc) is 1.84. The average molecular weight is 196 g/mol. The number of aliphatic hydroxyl groups is 1. The highest BCUT2D eigenvalue weighted by atomic mass is 35.5. The van der Waals surface area contributed by atoms with Crippen molar-refractivity contribution in [2.45, 2.75) is 24.3 Å². The fourth-order valence-electron chi connectivity index (χ4n) is 0.654. The van der Waals surface area contributed by atoms with Gasteiger partial charge in [-0.1, -0.05) is 0 Å². The lowest BCUT2D eigenvalue weighted by Crippen LogP contribution is -2.51. The summed E-state index contributed by atoms with van der Waals surface area (Å²) in [6.45, 7) is 1.30. The number of hydrogen-bond acceptors (Lipinski definition) is 3. The van der Waals surface area contributed by atoms with E-state index in [1.54, 1.807) is 0 Å². The van der Waals surface area contributed by atoms with Crippen LogP contribution in [0.3, 0.4) is 0 Å². The van der Waals surface area contributed by atoms with E-state index in [1.165, 1.54) is 6.92 Å². The maximum absolute atomic E-state index is 10.6. The molecule has 0 saturated heterocycles. The van der Waals surface area contributed by atoms with Gasteiger partial charge in [0.25, 0.3) is 5.91 Å². The standard InChI is InChI=1S/C6H10ClNO4/c1-3(7)6(12,5(8)11)2-4(9)10/h3,12H,2H2,1H3,(H2,8,11)(H,9,10). The Morgan fingerprint density at radius 1 is 1.67 bits per heavy atom. The van der Waals surface area contributed by atoms with Gasteiger partial charge in [0.05, 0.1) is 11.8 Å². The third kappa shape index (κ3) is 2.35. The Kier molecular flexibility index (Phi) is 3.48. The molecule has 12 heavy (non-hydrogen) atoms. The molecule has 5 nitrogen and oxygen atoms in total. The normalized spacial score (nSPS) is 17.9. The van der Waals surface area contributed by atoms with Gasteiger partial charge in [-0.3, -0.25) is 9.59 Å². The van der Waals surface area contributed by atoms with Crippen molar-refractivity contribution in [2.24, 2.45) is 5.73 Å². The highest BCUT2D eigenvalue weighted by Gasteiger charge is 2.41. The first-order valence-corrected chi connectivity index (χ1v) is 3.62. The van der Waals surface area contributed by atoms with Crippen molar-refractivity contribution >= 4 is 23.5 Å². The number of halogens is 1. The fraction of sp³-hybridized carbons (Fsp3) is 0.667. The van der Waals surface area contributed by atoms with Crippen LogP contribution in [-0.2, 0) is 9.59 Å². The summed E-state index contributed by atoms with van der Waals surface area (Å²) in [6, 6.07) is 0. The number of carboxylic acid groups (broad SMARTS) is 1. The third-order valence-corrected chi connectivity index (χ3v) is 1.87. The highest BCUT2D eigenvalue weighted by Crippen LogP contribution is 2.19. The zero-order valence-corrected chi connectivity index (χ0v) is 7.21. The lowest BCUT2D eigenvalue weighted by atomic mass is 9.95. The Hall–Kier alpha value is -0.810. The van der Waals surface area contributed by atoms with E-state index in [9.17, 15) is 14.7 Å². The van der Waals surface area contributed by atoms with E-state index < -0.39 is 29.3 Å². The summed E-state index contributed by atoms with van der Waals surface area (Å²) in [5.41, 5.74) is 2.61. The van der Waals surface area contributed by atoms with Gasteiger partial charge in [0.15, 0.2) is 5.60 Å². The van der Waals surface area contributed by atoms with Gasteiger partial charge in [0.1, 0.15) is 0 Å². The van der Waals surface area contributed by atoms with Crippen LogP contribution in [0.4, 0.5) is 0 Å². The Balaban J connectivity index is 4.62. The van der Waals surface area contributed by atoms with Crippen molar-refractivity contribution in [3.8, 4) is 0 Å². The van der Waals surface area contributed by atoms with E-state index >= 15 is 0 Å². The van der Waals surface area contributed by atoms with Gasteiger partial charge in [-0.05, 0) is 6.92 Å². The van der Waals surface area contributed by atoms with Crippen LogP contribution in [-0.4, -0.2) is 33.1 Å². The largest absolute Gasteiger partial charge is 0.481 e. The van der Waals surface area contributed by atoms with Crippen LogP contribution in [0.5, 0.6) is 0 Å². The minimum absolute atomic E-state index is 0.785. The monoisotopic (exact) mass is 195 g/mol. The molecule has 0 fully saturated rings. The van der Waals surface area contributed by atoms with Crippen molar-refractivity contribution in [1.82, 2.24) is 0 Å². The Morgan fingerprint density at radius 3 is 2.17 bits per heavy atom. The molecule has 1 amide bonds. The molecule has 70 valence electrons. The van der Waals surface area contributed by atoms with Crippen LogP contribution in [0.2, 0.25) is 0 Å². The minimum Gasteiger partial charge on any atom is -0.481 e. The summed E-state index contributed by atoms with van der Waals surface area (Å²) in [4.78, 5) is 20.8. The van der Waals surface area contributed by atoms with E-state index in [-0.39, 0.29) is 0 Å². The number of carboxylic acids is 1. The smallest absolute Gasteiger partial charge is 0.306 e. The lowest BCUT2D eigenvalue weighted by Gasteiger charge is -2.24. The van der Waals surface area contributed by atoms with E-state index in [1.807, 2.05) is 0 Å². The molecule has 0 heterocycles. The number of amides is 1. The van der Waals surface area contributed by atoms with Gasteiger partial charge in [-0.2, -0.15) is 0 Å². The molecule has 0 saturated carbocycles. The van der Waals surface area contributed by atoms with Crippen LogP contribution in [0, 0.1) is 0 Å². The molecule has 6 heteroatoms. The molecular formula is C6H10ClNO4. The second-order valence-corrected chi connectivity index (χ2v) is 3.13. The Bertz CT molecular complexity index is 206. The maximum Gasteiger partial charge on any atom is 0.306 e. The van der Waals surface area contributed by atoms with E-state index in [0.29, 0.717) is 0 Å². The zero-order chi connectivity index (χ0) is 9.94. The molecule has 0 aromatic carbocycles. The molecular weight excluding hydrogens is 186 g/mol. The molecule has 0 bridgehead atoms. The first-order chi connectivity index (χ1) is 5.30. The SMILES string of the molecule is CC(Cl)C(O)(CC(=O)O)C(N)=O. The Labute approximate surface area is 74.1 Å². The molecule has 0 spiro atoms. The quantitative estimate of drug-likeness (QED) is 0.517. The summed E-state index contributed by atoms with van der Waals surface area (Å²) >= 11 is 5.41. The number of carbonyl (C=O) groups is 2. The zero-order valence-electron chi connectivity index (χ0n) is 6.45. The lowest BCUT2D eigenvalue weighted by molar-refractivity contribution is -0.150. The summed E-state index contributed by atoms with van der Waals surface area (Å²) in [5.74, 6) is -2.46. The number of rotatable bonds is 4. The summed E-state index contributed by atoms with van der Waals surface area (Å²) in [6.07, 6.45) is -0.785. The topological polar surface area (TPSA) is 101 Å². The van der Waals surface area contributed by atoms with Crippen molar-refractivity contribution in [3.63, 3.8) is 0 Å². The molecule has 0 rings (SSSR count). The number of aliphatic carboxylic acids is 1. The van der Waals surface area contributed by atoms with Gasteiger partial charge in [0, 0.05) is 0 Å². The van der Waals surface area contributed by atoms with Crippen LogP contribution in [0.25, 0.3) is 0 Å². The molecule has 4 N–H and O–H groups in total. The fourth-order valence-corrected chi connectivity index (χ4v) is 0.839. The predicted molar refractivity (Wildman–Crippen MR) is 41.7 cm³/mol. The number of nitrogens with two attached hydrogens (primary N) is 1. The van der Waals surface area contributed by atoms with Crippen LogP contribution in [0.15, 0.2) is 0 Å². The molecule has 0 aliphatic rings. The van der Waals surface area contributed by atoms with E-state index in [4.69, 9.17) is 22.4 Å². The predicted octanol–water partition coefficient (Wildman–Crippen LogP) is -0.695. The molecule has 0 aromatic rings. The van der Waals surface area contributed by atoms with Gasteiger partial charge in [-0.15, -0.1) is 11.6 Å². The number of hydrogen-bond donors (Lipinski definition) is 3. The summed E-state index contributed by atoms with van der Waals surface area (Å²) < 4.78 is 0. The van der Waals surface area contributed by atoms with Crippen molar-refractivity contribution in [1.29, 1.82) is 0 Å². The minimum atomic E-state index is -2.17. The molecule has 0 aliphatic heterocycles. The van der Waals surface area contributed by atoms with Crippen LogP contribution >= 0.6 is 11.6 Å². The molecule has 0 radical (unpaired) electrons. The van der Waals surface area contributed by atoms with Gasteiger partial charge >= 0.3 is 5.97 Å². The van der Waals surface area contributed by atoms with E-state index in [2.05, 4.69) is 0 Å². The van der Waals surface area contributed by atoms with Gasteiger partial charge < -0.3 is 15.9 Å². The number of carbonyl (C=O) groups excluding carboxylic acids is 1. The molecule has 2 unspecified atom stereocenters. The molecule has 2 atom stereocenters. The van der Waals surface area contributed by atoms with Crippen molar-refractivity contribution < 1.29 is 19.8 Å². The van der Waals surface area contributed by atoms with Crippen LogP contribution < -0.4 is 5.73 Å². The number of alkyl halides is 1. The second-order valence-electron chi connectivity index (χ2n) is 2.48. The summed E-state index contributed by atoms with van der Waals surface area (Å²) in [5, 5.41) is 16.6. The number of primary amides is 1. The summed E-state index contributed by atoms with van der Waals surface area (Å²) in [7, 11) is 0. The second kappa shape index (κ2) is 3.73. The molecule has 0 aromatic heterocycles. The van der Waals surface area contributed by atoms with E-state index in [0.717, 1.165) is 0 Å². The first kappa shape index (κ1) is 11.2. The van der Waals surface area contributed by atoms with Crippen LogP contribution in [0.1, 0.15) is 13.3 Å².